The molecule has 0 bridgehead atoms. The smallest absolute Gasteiger partial charge is 0.225 e. The van der Waals surface area contributed by atoms with E-state index in [-0.39, 0.29) is 5.91 Å². The molecule has 0 aliphatic rings. The van der Waals surface area contributed by atoms with Crippen LogP contribution in [0.5, 0.6) is 0 Å². The number of nitrogen functional groups attached to an aromatic ring is 1. The van der Waals surface area contributed by atoms with Crippen LogP contribution >= 0.6 is 11.3 Å². The zero-order valence-electron chi connectivity index (χ0n) is 12.6. The van der Waals surface area contributed by atoms with Crippen LogP contribution in [0.15, 0.2) is 24.3 Å². The molecule has 0 saturated carbocycles. The number of aromatic nitrogens is 1. The quantitative estimate of drug-likeness (QED) is 0.879. The van der Waals surface area contributed by atoms with Crippen LogP contribution in [0, 0.1) is 5.92 Å². The maximum absolute atomic E-state index is 11.4. The number of benzene rings is 1. The lowest BCUT2D eigenvalue weighted by Gasteiger charge is -2.05. The molecule has 0 aliphatic heterocycles. The molecule has 0 fully saturated rings. The number of hydrogen-bond donors (Lipinski definition) is 2. The highest BCUT2D eigenvalue weighted by Crippen LogP contribution is 2.33. The Hall–Kier alpha value is -1.88. The van der Waals surface area contributed by atoms with Gasteiger partial charge in [-0.15, -0.1) is 0 Å². The summed E-state index contributed by atoms with van der Waals surface area (Å²) in [6.45, 7) is 6.21. The summed E-state index contributed by atoms with van der Waals surface area (Å²) in [4.78, 5) is 15.8. The fourth-order valence-corrected chi connectivity index (χ4v) is 2.84. The summed E-state index contributed by atoms with van der Waals surface area (Å²) in [6, 6.07) is 8.29. The third-order valence-electron chi connectivity index (χ3n) is 3.09. The molecule has 0 saturated heterocycles. The topological polar surface area (TPSA) is 68.0 Å². The number of nitrogens with one attached hydrogen (secondary N) is 1. The normalized spacial score (nSPS) is 10.9. The minimum atomic E-state index is -0.0532. The Bertz CT molecular complexity index is 617. The van der Waals surface area contributed by atoms with Gasteiger partial charge in [-0.05, 0) is 17.9 Å². The molecule has 21 heavy (non-hydrogen) atoms. The average Bonchev–Trinajstić information content (AvgIpc) is 2.79. The van der Waals surface area contributed by atoms with Gasteiger partial charge in [0.1, 0.15) is 10.7 Å². The van der Waals surface area contributed by atoms with Crippen molar-refractivity contribution in [2.75, 3.05) is 11.1 Å². The maximum atomic E-state index is 11.4. The van der Waals surface area contributed by atoms with Crippen molar-refractivity contribution in [1.82, 2.24) is 4.98 Å². The fraction of sp³-hybridized carbons (Fsp3) is 0.375. The number of carbonyl (C=O) groups is 1. The van der Waals surface area contributed by atoms with Gasteiger partial charge < -0.3 is 11.1 Å². The van der Waals surface area contributed by atoms with Gasteiger partial charge in [-0.1, -0.05) is 56.4 Å². The minimum Gasteiger partial charge on any atom is -0.389 e. The van der Waals surface area contributed by atoms with E-state index in [1.807, 2.05) is 12.1 Å². The largest absolute Gasteiger partial charge is 0.389 e. The zero-order chi connectivity index (χ0) is 15.4. The van der Waals surface area contributed by atoms with Gasteiger partial charge in [-0.3, -0.25) is 4.79 Å². The van der Waals surface area contributed by atoms with Gasteiger partial charge >= 0.3 is 0 Å². The zero-order valence-corrected chi connectivity index (χ0v) is 13.5. The van der Waals surface area contributed by atoms with Gasteiger partial charge in [0.25, 0.3) is 0 Å². The highest BCUT2D eigenvalue weighted by molar-refractivity contribution is 7.20. The second-order valence-electron chi connectivity index (χ2n) is 5.43. The lowest BCUT2D eigenvalue weighted by molar-refractivity contribution is -0.115. The molecule has 1 heterocycles. The van der Waals surface area contributed by atoms with Crippen molar-refractivity contribution in [3.05, 3.63) is 29.8 Å². The number of carbonyl (C=O) groups excluding carboxylic acids is 1. The second kappa shape index (κ2) is 6.72. The molecule has 0 atom stereocenters. The first-order chi connectivity index (χ1) is 9.99. The van der Waals surface area contributed by atoms with Crippen LogP contribution in [0.2, 0.25) is 0 Å². The van der Waals surface area contributed by atoms with Crippen molar-refractivity contribution in [3.63, 3.8) is 0 Å². The van der Waals surface area contributed by atoms with Crippen LogP contribution in [0.25, 0.3) is 11.3 Å². The highest BCUT2D eigenvalue weighted by Gasteiger charge is 2.12. The predicted octanol–water partition coefficient (Wildman–Crippen LogP) is 3.94. The number of hydrogen-bond acceptors (Lipinski definition) is 4. The molecule has 1 amide bonds. The summed E-state index contributed by atoms with van der Waals surface area (Å²) in [5, 5.41) is 3.93. The molecule has 3 N–H and O–H groups in total. The molecule has 4 nitrogen and oxygen atoms in total. The van der Waals surface area contributed by atoms with Gasteiger partial charge in [0.05, 0.1) is 0 Å². The van der Waals surface area contributed by atoms with Crippen molar-refractivity contribution in [1.29, 1.82) is 0 Å². The van der Waals surface area contributed by atoms with Crippen molar-refractivity contribution in [2.24, 2.45) is 5.92 Å². The molecule has 1 aromatic carbocycles. The standard InChI is InChI=1S/C16H21N3OS/c1-4-13(20)18-16-19-14(15(17)21-16)12-7-5-11(6-8-12)9-10(2)3/h5-8,10H,4,9,17H2,1-3H3,(H,18,19,20). The third kappa shape index (κ3) is 4.04. The molecule has 0 aliphatic carbocycles. The molecule has 2 rings (SSSR count). The monoisotopic (exact) mass is 303 g/mol. The molecule has 0 spiro atoms. The number of thiazole rings is 1. The first-order valence-corrected chi connectivity index (χ1v) is 7.96. The van der Waals surface area contributed by atoms with E-state index in [0.29, 0.717) is 22.5 Å². The number of amides is 1. The van der Waals surface area contributed by atoms with Crippen molar-refractivity contribution >= 4 is 27.4 Å². The van der Waals surface area contributed by atoms with E-state index in [9.17, 15) is 4.79 Å². The SMILES string of the molecule is CCC(=O)Nc1nc(-c2ccc(CC(C)C)cc2)c(N)s1. The summed E-state index contributed by atoms with van der Waals surface area (Å²) in [7, 11) is 0. The Labute approximate surface area is 129 Å². The summed E-state index contributed by atoms with van der Waals surface area (Å²) in [6.07, 6.45) is 1.49. The van der Waals surface area contributed by atoms with E-state index < -0.39 is 0 Å². The van der Waals surface area contributed by atoms with Crippen molar-refractivity contribution in [2.45, 2.75) is 33.6 Å². The Morgan fingerprint density at radius 1 is 1.33 bits per heavy atom. The highest BCUT2D eigenvalue weighted by atomic mass is 32.1. The Morgan fingerprint density at radius 2 is 2.00 bits per heavy atom. The van der Waals surface area contributed by atoms with E-state index in [4.69, 9.17) is 5.73 Å². The predicted molar refractivity (Wildman–Crippen MR) is 89.4 cm³/mol. The fourth-order valence-electron chi connectivity index (χ4n) is 2.07. The molecule has 1 aromatic heterocycles. The van der Waals surface area contributed by atoms with Crippen LogP contribution < -0.4 is 11.1 Å². The molecule has 0 radical (unpaired) electrons. The first kappa shape index (κ1) is 15.5. The van der Waals surface area contributed by atoms with E-state index >= 15 is 0 Å². The van der Waals surface area contributed by atoms with E-state index in [1.165, 1.54) is 16.9 Å². The van der Waals surface area contributed by atoms with Crippen LogP contribution in [0.3, 0.4) is 0 Å². The number of anilines is 2. The van der Waals surface area contributed by atoms with E-state index in [2.05, 4.69) is 36.3 Å². The average molecular weight is 303 g/mol. The molecule has 0 unspecified atom stereocenters. The first-order valence-electron chi connectivity index (χ1n) is 7.15. The molecular formula is C16H21N3OS. The van der Waals surface area contributed by atoms with E-state index in [1.54, 1.807) is 6.92 Å². The minimum absolute atomic E-state index is 0.0532. The van der Waals surface area contributed by atoms with Crippen LogP contribution in [-0.2, 0) is 11.2 Å². The Morgan fingerprint density at radius 3 is 2.57 bits per heavy atom. The Balaban J connectivity index is 2.19. The number of nitrogens with two attached hydrogens (primary N) is 1. The van der Waals surface area contributed by atoms with Gasteiger partial charge in [-0.25, -0.2) is 4.98 Å². The van der Waals surface area contributed by atoms with Crippen LogP contribution in [-0.4, -0.2) is 10.9 Å². The number of rotatable bonds is 5. The van der Waals surface area contributed by atoms with E-state index in [0.717, 1.165) is 17.7 Å². The van der Waals surface area contributed by atoms with Crippen molar-refractivity contribution < 1.29 is 4.79 Å². The second-order valence-corrected chi connectivity index (χ2v) is 6.46. The van der Waals surface area contributed by atoms with Crippen molar-refractivity contribution in [3.8, 4) is 11.3 Å². The number of nitrogens with zero attached hydrogens (tertiary/aromatic N) is 1. The van der Waals surface area contributed by atoms with Gasteiger partial charge in [0.15, 0.2) is 5.13 Å². The lowest BCUT2D eigenvalue weighted by atomic mass is 10.0. The third-order valence-corrected chi connectivity index (χ3v) is 3.89. The maximum Gasteiger partial charge on any atom is 0.225 e. The Kier molecular flexibility index (Phi) is 4.96. The molecule has 5 heteroatoms. The lowest BCUT2D eigenvalue weighted by Crippen LogP contribution is -2.08. The summed E-state index contributed by atoms with van der Waals surface area (Å²) >= 11 is 1.30. The summed E-state index contributed by atoms with van der Waals surface area (Å²) in [5.41, 5.74) is 9.04. The van der Waals surface area contributed by atoms with Gasteiger partial charge in [0.2, 0.25) is 5.91 Å². The molecular weight excluding hydrogens is 282 g/mol. The summed E-state index contributed by atoms with van der Waals surface area (Å²) < 4.78 is 0. The summed E-state index contributed by atoms with van der Waals surface area (Å²) in [5.74, 6) is 0.582. The molecule has 2 aromatic rings. The van der Waals surface area contributed by atoms with Crippen LogP contribution in [0.4, 0.5) is 10.1 Å². The van der Waals surface area contributed by atoms with Gasteiger partial charge in [-0.2, -0.15) is 0 Å². The molecule has 112 valence electrons. The van der Waals surface area contributed by atoms with Gasteiger partial charge in [0, 0.05) is 12.0 Å². The van der Waals surface area contributed by atoms with Crippen LogP contribution in [0.1, 0.15) is 32.8 Å².